The fourth-order valence-electron chi connectivity index (χ4n) is 5.03. The first-order chi connectivity index (χ1) is 16.2. The molecule has 34 heavy (non-hydrogen) atoms. The molecule has 8 nitrogen and oxygen atoms in total. The maximum absolute atomic E-state index is 10.1. The average Bonchev–Trinajstić information content (AvgIpc) is 3.51. The van der Waals surface area contributed by atoms with Crippen LogP contribution in [0.3, 0.4) is 0 Å². The van der Waals surface area contributed by atoms with Crippen molar-refractivity contribution in [2.75, 3.05) is 19.6 Å². The minimum absolute atomic E-state index is 0.285. The molecular formula is C25H33N7OS. The normalized spacial score (nSPS) is 16.2. The number of piperidine rings is 1. The summed E-state index contributed by atoms with van der Waals surface area (Å²) in [4.78, 5) is 12.9. The summed E-state index contributed by atoms with van der Waals surface area (Å²) in [6.07, 6.45) is 7.82. The van der Waals surface area contributed by atoms with Gasteiger partial charge in [-0.25, -0.2) is 14.5 Å². The van der Waals surface area contributed by atoms with Crippen LogP contribution in [0.5, 0.6) is 0 Å². The Balaban J connectivity index is 1.41. The molecule has 4 aromatic rings. The smallest absolute Gasteiger partial charge is 0.158 e. The fraction of sp³-hybridized carbons (Fsp3) is 0.520. The van der Waals surface area contributed by atoms with Crippen molar-refractivity contribution in [1.82, 2.24) is 34.7 Å². The molecule has 0 aromatic carbocycles. The van der Waals surface area contributed by atoms with Crippen LogP contribution in [0.4, 0.5) is 0 Å². The molecule has 0 atom stereocenters. The van der Waals surface area contributed by atoms with Crippen molar-refractivity contribution < 1.29 is 5.11 Å². The number of rotatable bonds is 6. The standard InChI is InChI=1S/C25H33N7OS/c1-15(2)20-21(18-10-16(3)23-27-14-28-32(23)12-18)29-30-22(20)24-26-11-19(34-24)17-6-8-31(9-7-17)13-25(4,5)33/h10-12,14-15,17,33H,6-9,13H2,1-5H3,(H,29,30). The number of β-amino-alcohol motifs (C(OH)–C–C–N with tert-alkyl or cyclic N) is 1. The van der Waals surface area contributed by atoms with Gasteiger partial charge < -0.3 is 10.0 Å². The second kappa shape index (κ2) is 8.87. The van der Waals surface area contributed by atoms with Gasteiger partial charge in [-0.05, 0) is 70.2 Å². The van der Waals surface area contributed by atoms with E-state index < -0.39 is 5.60 Å². The monoisotopic (exact) mass is 479 g/mol. The van der Waals surface area contributed by atoms with Crippen molar-refractivity contribution in [3.63, 3.8) is 0 Å². The molecule has 0 unspecified atom stereocenters. The van der Waals surface area contributed by atoms with E-state index in [9.17, 15) is 5.11 Å². The second-order valence-electron chi connectivity index (χ2n) is 10.4. The highest BCUT2D eigenvalue weighted by molar-refractivity contribution is 7.15. The van der Waals surface area contributed by atoms with E-state index in [0.717, 1.165) is 65.6 Å². The number of aryl methyl sites for hydroxylation is 1. The van der Waals surface area contributed by atoms with Gasteiger partial charge in [-0.15, -0.1) is 11.3 Å². The molecule has 1 saturated heterocycles. The Morgan fingerprint density at radius 1 is 1.24 bits per heavy atom. The number of likely N-dealkylation sites (tertiary alicyclic amines) is 1. The minimum atomic E-state index is -0.646. The van der Waals surface area contributed by atoms with E-state index in [-0.39, 0.29) is 5.92 Å². The van der Waals surface area contributed by atoms with Crippen LogP contribution in [0.1, 0.15) is 68.4 Å². The van der Waals surface area contributed by atoms with Gasteiger partial charge in [-0.1, -0.05) is 13.8 Å². The second-order valence-corrected chi connectivity index (χ2v) is 11.4. The van der Waals surface area contributed by atoms with E-state index in [4.69, 9.17) is 10.1 Å². The highest BCUT2D eigenvalue weighted by Gasteiger charge is 2.27. The molecule has 0 spiro atoms. The third kappa shape index (κ3) is 4.52. The van der Waals surface area contributed by atoms with Gasteiger partial charge in [0.25, 0.3) is 0 Å². The summed E-state index contributed by atoms with van der Waals surface area (Å²) in [5.74, 6) is 0.805. The molecule has 180 valence electrons. The van der Waals surface area contributed by atoms with Crippen LogP contribution in [0.25, 0.3) is 27.6 Å². The molecule has 1 aliphatic rings. The molecule has 5 heterocycles. The molecule has 0 bridgehead atoms. The number of aromatic amines is 1. The van der Waals surface area contributed by atoms with Gasteiger partial charge >= 0.3 is 0 Å². The summed E-state index contributed by atoms with van der Waals surface area (Å²) < 4.78 is 1.81. The van der Waals surface area contributed by atoms with Crippen LogP contribution in [0.15, 0.2) is 24.8 Å². The quantitative estimate of drug-likeness (QED) is 0.419. The Morgan fingerprint density at radius 2 is 2.00 bits per heavy atom. The molecule has 9 heteroatoms. The number of nitrogens with zero attached hydrogens (tertiary/aromatic N) is 6. The zero-order chi connectivity index (χ0) is 24.0. The van der Waals surface area contributed by atoms with E-state index in [1.54, 1.807) is 17.7 Å². The first-order valence-corrected chi connectivity index (χ1v) is 12.8. The predicted molar refractivity (Wildman–Crippen MR) is 135 cm³/mol. The van der Waals surface area contributed by atoms with Crippen molar-refractivity contribution in [2.24, 2.45) is 0 Å². The van der Waals surface area contributed by atoms with Gasteiger partial charge in [-0.2, -0.15) is 10.2 Å². The number of nitrogens with one attached hydrogen (secondary N) is 1. The number of aromatic nitrogens is 6. The van der Waals surface area contributed by atoms with Crippen molar-refractivity contribution in [2.45, 2.75) is 64.9 Å². The Bertz CT molecular complexity index is 1290. The van der Waals surface area contributed by atoms with Crippen molar-refractivity contribution in [3.05, 3.63) is 40.8 Å². The first-order valence-electron chi connectivity index (χ1n) is 12.0. The predicted octanol–water partition coefficient (Wildman–Crippen LogP) is 4.63. The lowest BCUT2D eigenvalue weighted by Gasteiger charge is -2.34. The molecule has 0 aliphatic carbocycles. The van der Waals surface area contributed by atoms with E-state index >= 15 is 0 Å². The van der Waals surface area contributed by atoms with Crippen molar-refractivity contribution >= 4 is 17.0 Å². The van der Waals surface area contributed by atoms with E-state index in [0.29, 0.717) is 5.92 Å². The summed E-state index contributed by atoms with van der Waals surface area (Å²) in [6.45, 7) is 13.0. The van der Waals surface area contributed by atoms with Gasteiger partial charge in [0.05, 0.1) is 17.0 Å². The van der Waals surface area contributed by atoms with E-state index in [1.165, 1.54) is 10.4 Å². The van der Waals surface area contributed by atoms with Crippen LogP contribution >= 0.6 is 11.3 Å². The van der Waals surface area contributed by atoms with Gasteiger partial charge in [0.2, 0.25) is 0 Å². The third-order valence-electron chi connectivity index (χ3n) is 6.55. The maximum Gasteiger partial charge on any atom is 0.158 e. The molecule has 1 aliphatic heterocycles. The number of hydrogen-bond donors (Lipinski definition) is 2. The number of thiazole rings is 1. The highest BCUT2D eigenvalue weighted by Crippen LogP contribution is 2.40. The molecule has 0 amide bonds. The number of hydrogen-bond acceptors (Lipinski definition) is 7. The molecule has 4 aromatic heterocycles. The van der Waals surface area contributed by atoms with Crippen LogP contribution in [0, 0.1) is 6.92 Å². The van der Waals surface area contributed by atoms with Crippen LogP contribution in [-0.4, -0.2) is 65.0 Å². The lowest BCUT2D eigenvalue weighted by Crippen LogP contribution is -2.42. The highest BCUT2D eigenvalue weighted by atomic mass is 32.1. The van der Waals surface area contributed by atoms with Crippen LogP contribution in [-0.2, 0) is 0 Å². The van der Waals surface area contributed by atoms with Crippen molar-refractivity contribution in [3.8, 4) is 22.0 Å². The van der Waals surface area contributed by atoms with Crippen LogP contribution in [0.2, 0.25) is 0 Å². The van der Waals surface area contributed by atoms with Gasteiger partial charge in [0.15, 0.2) is 5.65 Å². The summed E-state index contributed by atoms with van der Waals surface area (Å²) in [6, 6.07) is 2.13. The number of fused-ring (bicyclic) bond motifs is 1. The third-order valence-corrected chi connectivity index (χ3v) is 7.73. The summed E-state index contributed by atoms with van der Waals surface area (Å²) >= 11 is 1.78. The van der Waals surface area contributed by atoms with E-state index in [1.807, 2.05) is 30.8 Å². The topological polar surface area (TPSA) is 95.2 Å². The number of H-pyrrole nitrogens is 1. The first kappa shape index (κ1) is 23.1. The fourth-order valence-corrected chi connectivity index (χ4v) is 6.13. The number of pyridine rings is 1. The van der Waals surface area contributed by atoms with Gasteiger partial charge in [0, 0.05) is 34.9 Å². The largest absolute Gasteiger partial charge is 0.389 e. The molecule has 0 radical (unpaired) electrons. The summed E-state index contributed by atoms with van der Waals surface area (Å²) in [5, 5.41) is 23.5. The van der Waals surface area contributed by atoms with Gasteiger partial charge in [0.1, 0.15) is 11.3 Å². The van der Waals surface area contributed by atoms with E-state index in [2.05, 4.69) is 46.9 Å². The minimum Gasteiger partial charge on any atom is -0.389 e. The zero-order valence-electron chi connectivity index (χ0n) is 20.5. The Kier molecular flexibility index (Phi) is 6.03. The van der Waals surface area contributed by atoms with Gasteiger partial charge in [-0.3, -0.25) is 5.10 Å². The maximum atomic E-state index is 10.1. The SMILES string of the molecule is Cc1cc(-c2n[nH]c(-c3ncc(C4CCN(CC(C)(C)O)CC4)s3)c2C(C)C)cn2ncnc12. The van der Waals surface area contributed by atoms with Crippen LogP contribution < -0.4 is 0 Å². The molecular weight excluding hydrogens is 446 g/mol. The zero-order valence-corrected chi connectivity index (χ0v) is 21.4. The summed E-state index contributed by atoms with van der Waals surface area (Å²) in [5.41, 5.74) is 5.45. The molecule has 0 saturated carbocycles. The molecule has 5 rings (SSSR count). The van der Waals surface area contributed by atoms with Crippen molar-refractivity contribution in [1.29, 1.82) is 0 Å². The Labute approximate surface area is 204 Å². The lowest BCUT2D eigenvalue weighted by molar-refractivity contribution is 0.0283. The summed E-state index contributed by atoms with van der Waals surface area (Å²) in [7, 11) is 0. The molecule has 2 N–H and O–H groups in total. The molecule has 1 fully saturated rings. The Morgan fingerprint density at radius 3 is 2.71 bits per heavy atom. The Hall–Kier alpha value is -2.62. The average molecular weight is 480 g/mol. The lowest BCUT2D eigenvalue weighted by atomic mass is 9.95. The number of aliphatic hydroxyl groups is 1.